The lowest BCUT2D eigenvalue weighted by atomic mass is 9.55. The van der Waals surface area contributed by atoms with E-state index in [-0.39, 0.29) is 0 Å². The molecule has 7 aromatic rings. The average molecular weight is 658 g/mol. The molecule has 0 heterocycles. The van der Waals surface area contributed by atoms with Gasteiger partial charge in [-0.3, -0.25) is 0 Å². The first-order chi connectivity index (χ1) is 24.9. The average Bonchev–Trinajstić information content (AvgIpc) is 3.15. The molecule has 0 aromatic heterocycles. The van der Waals surface area contributed by atoms with Crippen molar-refractivity contribution in [2.45, 2.75) is 0 Å². The maximum absolute atomic E-state index is 2.43. The van der Waals surface area contributed by atoms with Gasteiger partial charge in [0.05, 0.1) is 0 Å². The Morgan fingerprint density at radius 2 is 0.528 bits per heavy atom. The highest BCUT2D eigenvalue weighted by molar-refractivity contribution is 6.74. The van der Waals surface area contributed by atoms with Crippen LogP contribution < -0.4 is 92.9 Å². The molecule has 0 aliphatic rings. The van der Waals surface area contributed by atoms with Crippen molar-refractivity contribution < 1.29 is 0 Å². The third-order valence-electron chi connectivity index (χ3n) is 14.6. The summed E-state index contributed by atoms with van der Waals surface area (Å²) in [7, 11) is 40.2. The zero-order valence-electron chi connectivity index (χ0n) is 35.5. The number of hydrogen-bond acceptors (Lipinski definition) is 0. The molecule has 0 spiro atoms. The van der Waals surface area contributed by atoms with Crippen molar-refractivity contribution in [2.24, 2.45) is 0 Å². The molecule has 0 nitrogen and oxygen atoms in total. The fourth-order valence-corrected chi connectivity index (χ4v) is 10.1. The first-order valence-corrected chi connectivity index (χ1v) is 19.6. The summed E-state index contributed by atoms with van der Waals surface area (Å²) in [4.78, 5) is 0. The van der Waals surface area contributed by atoms with Gasteiger partial charge in [0.2, 0.25) is 0 Å². The zero-order chi connectivity index (χ0) is 38.7. The van der Waals surface area contributed by atoms with Crippen LogP contribution in [0.1, 0.15) is 0 Å². The zero-order valence-corrected chi connectivity index (χ0v) is 35.5. The molecule has 0 saturated carbocycles. The third kappa shape index (κ3) is 5.22. The van der Waals surface area contributed by atoms with E-state index in [0.29, 0.717) is 0 Å². The number of benzene rings is 7. The molecule has 7 aromatic carbocycles. The van der Waals surface area contributed by atoms with E-state index in [1.165, 1.54) is 159 Å². The van der Waals surface area contributed by atoms with E-state index in [9.17, 15) is 0 Å². The predicted molar refractivity (Wildman–Crippen MR) is 294 cm³/mol. The lowest BCUT2D eigenvalue weighted by molar-refractivity contribution is 1.73. The van der Waals surface area contributed by atoms with E-state index in [0.717, 1.165) is 0 Å². The van der Waals surface area contributed by atoms with Gasteiger partial charge in [0.25, 0.3) is 0 Å². The van der Waals surface area contributed by atoms with Crippen LogP contribution in [0, 0.1) is 0 Å². The molecule has 0 amide bonds. The van der Waals surface area contributed by atoms with Crippen LogP contribution in [0.3, 0.4) is 0 Å². The summed E-state index contributed by atoms with van der Waals surface area (Å²) in [5, 5.41) is 8.27. The Labute approximate surface area is 332 Å². The Balaban J connectivity index is 1.93. The van der Waals surface area contributed by atoms with Gasteiger partial charge in [-0.25, -0.2) is 0 Å². The molecule has 0 N–H and O–H groups in total. The smallest absolute Gasteiger partial charge is 0.102 e. The number of fused-ring (bicyclic) bond motifs is 3. The summed E-state index contributed by atoms with van der Waals surface area (Å²) in [6.45, 7) is 0. The van der Waals surface area contributed by atoms with Crippen molar-refractivity contribution in [2.75, 3.05) is 0 Å². The van der Waals surface area contributed by atoms with Gasteiger partial charge < -0.3 is 0 Å². The van der Waals surface area contributed by atoms with Gasteiger partial charge in [-0.05, 0) is 65.7 Å². The van der Waals surface area contributed by atoms with Crippen molar-refractivity contribution >= 4 is 259 Å². The van der Waals surface area contributed by atoms with Gasteiger partial charge >= 0.3 is 0 Å². The first-order valence-electron chi connectivity index (χ1n) is 19.6. The summed E-state index contributed by atoms with van der Waals surface area (Å²) in [5.41, 5.74) is 32.1. The van der Waals surface area contributed by atoms with Gasteiger partial charge in [-0.1, -0.05) is 91.6 Å². The summed E-state index contributed by atoms with van der Waals surface area (Å²) >= 11 is 0. The second-order valence-electron chi connectivity index (χ2n) is 16.5. The number of hydrogen-bond donors (Lipinski definition) is 0. The molecular weight excluding hydrogens is 616 g/mol. The molecule has 0 bridgehead atoms. The second-order valence-corrected chi connectivity index (χ2v) is 16.5. The van der Waals surface area contributed by atoms with Crippen molar-refractivity contribution in [3.63, 3.8) is 0 Å². The van der Waals surface area contributed by atoms with Crippen LogP contribution in [0.25, 0.3) is 65.7 Å². The highest BCUT2D eigenvalue weighted by atomic mass is 14.3. The quantitative estimate of drug-likeness (QED) is 0.131. The molecule has 0 radical (unpaired) electrons. The molecule has 236 valence electrons. The maximum atomic E-state index is 2.43. The van der Waals surface area contributed by atoms with Crippen LogP contribution in [-0.2, 0) is 0 Å². The van der Waals surface area contributed by atoms with Crippen LogP contribution >= 0.6 is 0 Å². The molecule has 0 atom stereocenters. The van der Waals surface area contributed by atoms with Gasteiger partial charge in [-0.2, -0.15) is 0 Å². The van der Waals surface area contributed by atoms with Crippen LogP contribution in [0.15, 0.2) is 42.5 Å². The lowest BCUT2D eigenvalue weighted by Gasteiger charge is -2.32. The SMILES string of the molecule is Bc1c(B)c(B)c(-c2c3c(B)c(B)c(B)c(B)c3c(-c3c(B)c(B)c(B)c(B)c3B)c3c(B)c(-c4cccc5ccccc45)c(B)c(B)c23)c(B)c1B. The standard InChI is InChI=1S/C36H41B17/c37-20-11(10-7-3-5-8-4-1-2-6-9(8)10)21(38)22(39)15-13(19-27(44)33(50)36(53)34(51)28(19)45)17-16(23(40)29(46)30(47)24(17)41)12(14(15)20)18-25(42)31(48)35(52)32(49)26(18)43/h1-7H,37-53H2. The van der Waals surface area contributed by atoms with E-state index in [4.69, 9.17) is 0 Å². The third-order valence-corrected chi connectivity index (χ3v) is 14.6. The van der Waals surface area contributed by atoms with E-state index < -0.39 is 0 Å². The minimum Gasteiger partial charge on any atom is -0.102 e. The highest BCUT2D eigenvalue weighted by Crippen LogP contribution is 2.40. The van der Waals surface area contributed by atoms with Gasteiger partial charge in [-0.15, -0.1) is 43.7 Å². The normalized spacial score (nSPS) is 11.5. The van der Waals surface area contributed by atoms with Gasteiger partial charge in [0.1, 0.15) is 133 Å². The fourth-order valence-electron chi connectivity index (χ4n) is 10.1. The molecule has 0 unspecified atom stereocenters. The minimum atomic E-state index is 1.28. The Hall–Kier alpha value is -3.58. The van der Waals surface area contributed by atoms with Crippen LogP contribution in [-0.4, -0.2) is 133 Å². The largest absolute Gasteiger partial charge is 0.140 e. The summed E-state index contributed by atoms with van der Waals surface area (Å²) in [5.74, 6) is 0. The predicted octanol–water partition coefficient (Wildman–Crippen LogP) is -19.5. The Kier molecular flexibility index (Phi) is 9.48. The van der Waals surface area contributed by atoms with Crippen molar-refractivity contribution in [3.05, 3.63) is 42.5 Å². The van der Waals surface area contributed by atoms with E-state index in [1.54, 1.807) is 0 Å². The summed E-state index contributed by atoms with van der Waals surface area (Å²) in [6.07, 6.45) is 0. The maximum Gasteiger partial charge on any atom is 0.140 e. The fraction of sp³-hybridized carbons (Fsp3) is 0. The topological polar surface area (TPSA) is 0 Å². The summed E-state index contributed by atoms with van der Waals surface area (Å²) in [6, 6.07) is 15.8. The van der Waals surface area contributed by atoms with Gasteiger partial charge in [0, 0.05) is 0 Å². The van der Waals surface area contributed by atoms with Crippen LogP contribution in [0.2, 0.25) is 0 Å². The molecular formula is C36H41B17. The summed E-state index contributed by atoms with van der Waals surface area (Å²) < 4.78 is 0. The highest BCUT2D eigenvalue weighted by Gasteiger charge is 2.29. The first kappa shape index (κ1) is 37.7. The lowest BCUT2D eigenvalue weighted by Crippen LogP contribution is -2.56. The van der Waals surface area contributed by atoms with E-state index in [2.05, 4.69) is 176 Å². The van der Waals surface area contributed by atoms with E-state index in [1.807, 2.05) is 0 Å². The van der Waals surface area contributed by atoms with Crippen molar-refractivity contribution in [3.8, 4) is 33.4 Å². The molecule has 0 aliphatic heterocycles. The van der Waals surface area contributed by atoms with Gasteiger partial charge in [0.15, 0.2) is 0 Å². The Morgan fingerprint density at radius 1 is 0.226 bits per heavy atom. The molecule has 17 heteroatoms. The molecule has 7 rings (SSSR count). The van der Waals surface area contributed by atoms with E-state index >= 15 is 0 Å². The monoisotopic (exact) mass is 660 g/mol. The molecule has 53 heavy (non-hydrogen) atoms. The van der Waals surface area contributed by atoms with Crippen LogP contribution in [0.4, 0.5) is 0 Å². The van der Waals surface area contributed by atoms with Crippen molar-refractivity contribution in [1.82, 2.24) is 0 Å². The Morgan fingerprint density at radius 3 is 0.962 bits per heavy atom. The Bertz CT molecular complexity index is 2740. The second kappa shape index (κ2) is 13.3. The molecule has 0 saturated heterocycles. The molecule has 0 aliphatic carbocycles. The number of rotatable bonds is 3. The van der Waals surface area contributed by atoms with Crippen molar-refractivity contribution in [1.29, 1.82) is 0 Å². The molecule has 0 fully saturated rings. The minimum absolute atomic E-state index is 1.28. The van der Waals surface area contributed by atoms with Crippen LogP contribution in [0.5, 0.6) is 0 Å².